The number of hydrogen-bond acceptors (Lipinski definition) is 6. The van der Waals surface area contributed by atoms with Crippen molar-refractivity contribution in [1.29, 1.82) is 0 Å². The maximum absolute atomic E-state index is 6.22. The molecule has 126 valence electrons. The molecule has 0 aliphatic heterocycles. The van der Waals surface area contributed by atoms with Gasteiger partial charge in [0.05, 0.1) is 21.0 Å². The van der Waals surface area contributed by atoms with E-state index in [1.54, 1.807) is 29.5 Å². The number of benzene rings is 2. The quantitative estimate of drug-likeness (QED) is 0.386. The third-order valence-corrected chi connectivity index (χ3v) is 6.23. The van der Waals surface area contributed by atoms with E-state index in [0.29, 0.717) is 32.3 Å². The van der Waals surface area contributed by atoms with Gasteiger partial charge < -0.3 is 5.84 Å². The molecule has 0 fully saturated rings. The lowest BCUT2D eigenvalue weighted by Gasteiger charge is -2.05. The molecule has 2 N–H and O–H groups in total. The number of fused-ring (bicyclic) bond motifs is 1. The zero-order chi connectivity index (χ0) is 17.4. The van der Waals surface area contributed by atoms with Crippen molar-refractivity contribution >= 4 is 56.5 Å². The Bertz CT molecular complexity index is 1030. The van der Waals surface area contributed by atoms with E-state index >= 15 is 0 Å². The van der Waals surface area contributed by atoms with Crippen LogP contribution in [-0.4, -0.2) is 19.9 Å². The van der Waals surface area contributed by atoms with Gasteiger partial charge in [0.25, 0.3) is 0 Å². The lowest BCUT2D eigenvalue weighted by atomic mass is 10.2. The Kier molecular flexibility index (Phi) is 4.56. The zero-order valence-corrected chi connectivity index (χ0v) is 15.8. The van der Waals surface area contributed by atoms with Crippen LogP contribution in [0.25, 0.3) is 21.6 Å². The summed E-state index contributed by atoms with van der Waals surface area (Å²) in [6, 6.07) is 13.2. The van der Waals surface area contributed by atoms with Crippen LogP contribution in [0.15, 0.2) is 47.6 Å². The smallest absolute Gasteiger partial charge is 0.210 e. The number of thiazole rings is 1. The summed E-state index contributed by atoms with van der Waals surface area (Å²) in [6.45, 7) is 0. The van der Waals surface area contributed by atoms with Gasteiger partial charge in [-0.3, -0.25) is 0 Å². The number of para-hydroxylation sites is 1. The predicted octanol–water partition coefficient (Wildman–Crippen LogP) is 4.87. The number of thioether (sulfide) groups is 1. The van der Waals surface area contributed by atoms with E-state index in [4.69, 9.17) is 29.0 Å². The Morgan fingerprint density at radius 1 is 1.12 bits per heavy atom. The summed E-state index contributed by atoms with van der Waals surface area (Å²) < 4.78 is 2.59. The summed E-state index contributed by atoms with van der Waals surface area (Å²) in [5.74, 6) is 7.28. The van der Waals surface area contributed by atoms with Crippen LogP contribution in [0, 0.1) is 0 Å². The first-order valence-electron chi connectivity index (χ1n) is 7.25. The average molecular weight is 408 g/mol. The summed E-state index contributed by atoms with van der Waals surface area (Å²) in [5, 5.41) is 11.0. The van der Waals surface area contributed by atoms with Crippen LogP contribution in [0.1, 0.15) is 5.01 Å². The third-order valence-electron chi connectivity index (χ3n) is 3.50. The molecule has 0 saturated carbocycles. The van der Waals surface area contributed by atoms with E-state index in [1.165, 1.54) is 21.1 Å². The summed E-state index contributed by atoms with van der Waals surface area (Å²) in [5.41, 5.74) is 1.65. The molecule has 0 radical (unpaired) electrons. The maximum Gasteiger partial charge on any atom is 0.210 e. The Hall–Kier alpha value is -1.80. The molecule has 0 spiro atoms. The van der Waals surface area contributed by atoms with Gasteiger partial charge in [0.2, 0.25) is 5.16 Å². The summed E-state index contributed by atoms with van der Waals surface area (Å²) in [7, 11) is 0. The minimum absolute atomic E-state index is 0.472. The molecule has 2 heterocycles. The predicted molar refractivity (Wildman–Crippen MR) is 105 cm³/mol. The highest BCUT2D eigenvalue weighted by atomic mass is 35.5. The molecule has 4 aromatic rings. The van der Waals surface area contributed by atoms with Crippen molar-refractivity contribution in [2.45, 2.75) is 10.9 Å². The number of nitrogens with two attached hydrogens (primary N) is 1. The fourth-order valence-electron chi connectivity index (χ4n) is 2.34. The van der Waals surface area contributed by atoms with Crippen molar-refractivity contribution < 1.29 is 0 Å². The van der Waals surface area contributed by atoms with Gasteiger partial charge in [-0.2, -0.15) is 0 Å². The first kappa shape index (κ1) is 16.7. The molecule has 0 unspecified atom stereocenters. The fraction of sp³-hybridized carbons (Fsp3) is 0.0625. The van der Waals surface area contributed by atoms with Crippen molar-refractivity contribution in [2.75, 3.05) is 5.84 Å². The minimum atomic E-state index is 0.472. The molecule has 2 aromatic carbocycles. The van der Waals surface area contributed by atoms with E-state index in [1.807, 2.05) is 18.2 Å². The van der Waals surface area contributed by atoms with Crippen LogP contribution in [0.2, 0.25) is 10.0 Å². The average Bonchev–Trinajstić information content (AvgIpc) is 3.18. The molecule has 0 amide bonds. The van der Waals surface area contributed by atoms with Crippen molar-refractivity contribution in [3.63, 3.8) is 0 Å². The second kappa shape index (κ2) is 6.84. The monoisotopic (exact) mass is 407 g/mol. The lowest BCUT2D eigenvalue weighted by molar-refractivity contribution is 0.849. The summed E-state index contributed by atoms with van der Waals surface area (Å²) in [6.07, 6.45) is 0. The molecule has 4 rings (SSSR count). The van der Waals surface area contributed by atoms with Crippen molar-refractivity contribution in [2.24, 2.45) is 0 Å². The lowest BCUT2D eigenvalue weighted by Crippen LogP contribution is -2.11. The summed E-state index contributed by atoms with van der Waals surface area (Å²) in [4.78, 5) is 4.61. The number of rotatable bonds is 4. The van der Waals surface area contributed by atoms with Crippen LogP contribution in [0.4, 0.5) is 0 Å². The molecule has 5 nitrogen and oxygen atoms in total. The number of aromatic nitrogens is 4. The number of hydrogen-bond donors (Lipinski definition) is 1. The van der Waals surface area contributed by atoms with Gasteiger partial charge in [-0.1, -0.05) is 47.1 Å². The minimum Gasteiger partial charge on any atom is -0.335 e. The van der Waals surface area contributed by atoms with Crippen molar-refractivity contribution in [3.8, 4) is 11.4 Å². The SMILES string of the molecule is Nn1c(SCc2nc3ccccc3s2)nnc1-c1cc(Cl)ccc1Cl. The molecule has 0 aliphatic carbocycles. The molecule has 9 heteroatoms. The highest BCUT2D eigenvalue weighted by Gasteiger charge is 2.16. The molecule has 0 bridgehead atoms. The van der Waals surface area contributed by atoms with Crippen molar-refractivity contribution in [1.82, 2.24) is 19.9 Å². The van der Waals surface area contributed by atoms with E-state index in [0.717, 1.165) is 10.5 Å². The molecule has 2 aromatic heterocycles. The van der Waals surface area contributed by atoms with Crippen LogP contribution >= 0.6 is 46.3 Å². The highest BCUT2D eigenvalue weighted by Crippen LogP contribution is 2.32. The van der Waals surface area contributed by atoms with Crippen LogP contribution in [-0.2, 0) is 5.75 Å². The normalized spacial score (nSPS) is 11.3. The zero-order valence-electron chi connectivity index (χ0n) is 12.7. The fourth-order valence-corrected chi connectivity index (χ4v) is 4.53. The molecular weight excluding hydrogens is 397 g/mol. The van der Waals surface area contributed by atoms with Gasteiger partial charge in [-0.15, -0.1) is 21.5 Å². The van der Waals surface area contributed by atoms with Gasteiger partial charge >= 0.3 is 0 Å². The van der Waals surface area contributed by atoms with Gasteiger partial charge in [0, 0.05) is 10.6 Å². The second-order valence-electron chi connectivity index (χ2n) is 5.16. The second-order valence-corrected chi connectivity index (χ2v) is 8.07. The largest absolute Gasteiger partial charge is 0.335 e. The first-order chi connectivity index (χ1) is 12.1. The maximum atomic E-state index is 6.22. The Morgan fingerprint density at radius 2 is 1.96 bits per heavy atom. The van der Waals surface area contributed by atoms with E-state index in [2.05, 4.69) is 21.2 Å². The Labute approximate surface area is 161 Å². The molecule has 0 saturated heterocycles. The van der Waals surface area contributed by atoms with Crippen LogP contribution in [0.5, 0.6) is 0 Å². The summed E-state index contributed by atoms with van der Waals surface area (Å²) >= 11 is 15.4. The van der Waals surface area contributed by atoms with Gasteiger partial charge in [0.15, 0.2) is 5.82 Å². The van der Waals surface area contributed by atoms with Gasteiger partial charge in [-0.05, 0) is 30.3 Å². The van der Waals surface area contributed by atoms with E-state index in [9.17, 15) is 0 Å². The Balaban J connectivity index is 1.58. The van der Waals surface area contributed by atoms with Gasteiger partial charge in [0.1, 0.15) is 5.01 Å². The van der Waals surface area contributed by atoms with Gasteiger partial charge in [-0.25, -0.2) is 9.66 Å². The standard InChI is InChI=1S/C16H11Cl2N5S2/c17-9-5-6-11(18)10(7-9)15-21-22-16(23(15)19)24-8-14-20-12-3-1-2-4-13(12)25-14/h1-7H,8,19H2. The molecule has 0 aliphatic rings. The van der Waals surface area contributed by atoms with Crippen LogP contribution < -0.4 is 5.84 Å². The van der Waals surface area contributed by atoms with E-state index in [-0.39, 0.29) is 0 Å². The Morgan fingerprint density at radius 3 is 2.80 bits per heavy atom. The first-order valence-corrected chi connectivity index (χ1v) is 9.81. The number of halogens is 2. The van der Waals surface area contributed by atoms with Crippen molar-refractivity contribution in [3.05, 3.63) is 57.5 Å². The molecule has 0 atom stereocenters. The van der Waals surface area contributed by atoms with E-state index < -0.39 is 0 Å². The molecule has 25 heavy (non-hydrogen) atoms. The number of nitrogen functional groups attached to an aromatic ring is 1. The van der Waals surface area contributed by atoms with Crippen LogP contribution in [0.3, 0.4) is 0 Å². The number of nitrogens with zero attached hydrogens (tertiary/aromatic N) is 4. The third kappa shape index (κ3) is 3.32. The highest BCUT2D eigenvalue weighted by molar-refractivity contribution is 7.98. The molecular formula is C16H11Cl2N5S2. The topological polar surface area (TPSA) is 69.6 Å².